The molecule has 0 spiro atoms. The largest absolute Gasteiger partial charge is 0.354 e. The summed E-state index contributed by atoms with van der Waals surface area (Å²) in [5.41, 5.74) is 2.93. The van der Waals surface area contributed by atoms with Gasteiger partial charge in [-0.1, -0.05) is 12.1 Å². The third-order valence-electron chi connectivity index (χ3n) is 2.79. The second-order valence-electron chi connectivity index (χ2n) is 4.01. The molecular weight excluding hydrogens is 230 g/mol. The highest BCUT2D eigenvalue weighted by atomic mass is 16.5. The van der Waals surface area contributed by atoms with E-state index in [1.165, 1.54) is 0 Å². The van der Waals surface area contributed by atoms with Crippen molar-refractivity contribution in [1.29, 1.82) is 0 Å². The summed E-state index contributed by atoms with van der Waals surface area (Å²) in [6.07, 6.45) is 5.28. The molecule has 0 aromatic carbocycles. The Kier molecular flexibility index (Phi) is 2.44. The first-order chi connectivity index (χ1) is 8.80. The first-order valence-corrected chi connectivity index (χ1v) is 5.70. The van der Waals surface area contributed by atoms with Crippen LogP contribution < -0.4 is 0 Å². The van der Waals surface area contributed by atoms with Gasteiger partial charge in [0.15, 0.2) is 5.76 Å². The van der Waals surface area contributed by atoms with Crippen molar-refractivity contribution < 1.29 is 9.32 Å². The lowest BCUT2D eigenvalue weighted by Gasteiger charge is -1.91. The Morgan fingerprint density at radius 1 is 1.44 bits per heavy atom. The molecule has 90 valence electrons. The van der Waals surface area contributed by atoms with E-state index in [2.05, 4.69) is 10.1 Å². The van der Waals surface area contributed by atoms with E-state index in [0.717, 1.165) is 18.4 Å². The number of nitrogens with zero attached hydrogens (tertiary/aromatic N) is 3. The minimum absolute atomic E-state index is 0.603. The minimum atomic E-state index is 0.603. The average molecular weight is 241 g/mol. The minimum Gasteiger partial charge on any atom is -0.354 e. The molecule has 3 heterocycles. The summed E-state index contributed by atoms with van der Waals surface area (Å²) in [6.45, 7) is 2.02. The standard InChI is InChI=1S/C13H11N3O2/c1-2-10-6-12(18-15-10)11-7-16-4-3-9(8-17)5-13(16)14-11/h3-8H,2H2,1H3. The third-order valence-corrected chi connectivity index (χ3v) is 2.79. The molecule has 0 amide bonds. The molecule has 3 aromatic heterocycles. The van der Waals surface area contributed by atoms with E-state index in [1.807, 2.05) is 23.6 Å². The molecule has 0 radical (unpaired) electrons. The smallest absolute Gasteiger partial charge is 0.187 e. The lowest BCUT2D eigenvalue weighted by atomic mass is 10.3. The zero-order valence-electron chi connectivity index (χ0n) is 9.83. The average Bonchev–Trinajstić information content (AvgIpc) is 3.03. The van der Waals surface area contributed by atoms with Crippen molar-refractivity contribution in [2.24, 2.45) is 0 Å². The fraction of sp³-hybridized carbons (Fsp3) is 0.154. The van der Waals surface area contributed by atoms with Gasteiger partial charge < -0.3 is 8.92 Å². The van der Waals surface area contributed by atoms with Crippen LogP contribution in [0.4, 0.5) is 0 Å². The fourth-order valence-corrected chi connectivity index (χ4v) is 1.79. The second kappa shape index (κ2) is 4.10. The number of imidazole rings is 1. The normalized spacial score (nSPS) is 10.9. The van der Waals surface area contributed by atoms with Gasteiger partial charge in [-0.15, -0.1) is 0 Å². The van der Waals surface area contributed by atoms with Crippen LogP contribution in [0.15, 0.2) is 35.1 Å². The molecule has 0 N–H and O–H groups in total. The van der Waals surface area contributed by atoms with Crippen molar-refractivity contribution in [2.45, 2.75) is 13.3 Å². The molecule has 0 unspecified atom stereocenters. The molecule has 0 aliphatic rings. The van der Waals surface area contributed by atoms with E-state index in [0.29, 0.717) is 22.7 Å². The fourth-order valence-electron chi connectivity index (χ4n) is 1.79. The van der Waals surface area contributed by atoms with Gasteiger partial charge in [-0.3, -0.25) is 4.79 Å². The van der Waals surface area contributed by atoms with Crippen molar-refractivity contribution >= 4 is 11.9 Å². The van der Waals surface area contributed by atoms with E-state index in [9.17, 15) is 4.79 Å². The van der Waals surface area contributed by atoms with Gasteiger partial charge in [-0.2, -0.15) is 0 Å². The highest BCUT2D eigenvalue weighted by Crippen LogP contribution is 2.20. The van der Waals surface area contributed by atoms with Crippen molar-refractivity contribution in [1.82, 2.24) is 14.5 Å². The quantitative estimate of drug-likeness (QED) is 0.660. The highest BCUT2D eigenvalue weighted by Gasteiger charge is 2.10. The first-order valence-electron chi connectivity index (χ1n) is 5.70. The zero-order valence-corrected chi connectivity index (χ0v) is 9.83. The Morgan fingerprint density at radius 3 is 3.06 bits per heavy atom. The maximum absolute atomic E-state index is 10.7. The summed E-state index contributed by atoms with van der Waals surface area (Å²) in [5.74, 6) is 0.642. The van der Waals surface area contributed by atoms with Crippen LogP contribution in [0.5, 0.6) is 0 Å². The maximum Gasteiger partial charge on any atom is 0.187 e. The molecule has 0 fully saturated rings. The Hall–Kier alpha value is -2.43. The van der Waals surface area contributed by atoms with E-state index in [1.54, 1.807) is 18.3 Å². The van der Waals surface area contributed by atoms with Gasteiger partial charge >= 0.3 is 0 Å². The van der Waals surface area contributed by atoms with Gasteiger partial charge in [0, 0.05) is 24.0 Å². The number of aryl methyl sites for hydroxylation is 1. The SMILES string of the molecule is CCc1cc(-c2cn3ccc(C=O)cc3n2)on1. The lowest BCUT2D eigenvalue weighted by Crippen LogP contribution is -1.85. The molecule has 3 rings (SSSR count). The van der Waals surface area contributed by atoms with Crippen LogP contribution in [0.1, 0.15) is 23.0 Å². The molecule has 0 aliphatic heterocycles. The number of aromatic nitrogens is 3. The molecule has 0 saturated heterocycles. The van der Waals surface area contributed by atoms with E-state index >= 15 is 0 Å². The number of aldehydes is 1. The molecule has 0 bridgehead atoms. The van der Waals surface area contributed by atoms with Crippen LogP contribution in [0, 0.1) is 0 Å². The van der Waals surface area contributed by atoms with Gasteiger partial charge in [0.05, 0.1) is 5.69 Å². The predicted octanol–water partition coefficient (Wildman–Crippen LogP) is 2.36. The Bertz CT molecular complexity index is 712. The molecule has 0 atom stereocenters. The lowest BCUT2D eigenvalue weighted by molar-refractivity contribution is 0.112. The van der Waals surface area contributed by atoms with E-state index < -0.39 is 0 Å². The van der Waals surface area contributed by atoms with Crippen LogP contribution in [0.2, 0.25) is 0 Å². The second-order valence-corrected chi connectivity index (χ2v) is 4.01. The van der Waals surface area contributed by atoms with Crippen LogP contribution in [-0.2, 0) is 6.42 Å². The molecule has 5 nitrogen and oxygen atoms in total. The third kappa shape index (κ3) is 1.69. The monoisotopic (exact) mass is 241 g/mol. The number of rotatable bonds is 3. The van der Waals surface area contributed by atoms with Gasteiger partial charge in [-0.05, 0) is 18.6 Å². The Balaban J connectivity index is 2.09. The summed E-state index contributed by atoms with van der Waals surface area (Å²) in [7, 11) is 0. The number of carbonyl (C=O) groups excluding carboxylic acids is 1. The van der Waals surface area contributed by atoms with Crippen LogP contribution in [0.25, 0.3) is 17.1 Å². The molecule has 0 saturated carbocycles. The summed E-state index contributed by atoms with van der Waals surface area (Å²) < 4.78 is 7.08. The maximum atomic E-state index is 10.7. The zero-order chi connectivity index (χ0) is 12.5. The van der Waals surface area contributed by atoms with Gasteiger partial charge in [0.2, 0.25) is 0 Å². The van der Waals surface area contributed by atoms with E-state index in [4.69, 9.17) is 4.52 Å². The molecule has 0 aliphatic carbocycles. The number of carbonyl (C=O) groups is 1. The topological polar surface area (TPSA) is 60.4 Å². The summed E-state index contributed by atoms with van der Waals surface area (Å²) in [6, 6.07) is 5.35. The number of pyridine rings is 1. The first kappa shape index (κ1) is 10.7. The molecule has 18 heavy (non-hydrogen) atoms. The molecule has 3 aromatic rings. The number of hydrogen-bond acceptors (Lipinski definition) is 4. The highest BCUT2D eigenvalue weighted by molar-refractivity contribution is 5.77. The van der Waals surface area contributed by atoms with Crippen LogP contribution in [-0.4, -0.2) is 20.8 Å². The predicted molar refractivity (Wildman–Crippen MR) is 65.5 cm³/mol. The van der Waals surface area contributed by atoms with Gasteiger partial charge in [-0.25, -0.2) is 4.98 Å². The Morgan fingerprint density at radius 2 is 2.33 bits per heavy atom. The molecular formula is C13H11N3O2. The number of fused-ring (bicyclic) bond motifs is 1. The molecule has 5 heteroatoms. The van der Waals surface area contributed by atoms with Crippen LogP contribution in [0.3, 0.4) is 0 Å². The number of hydrogen-bond donors (Lipinski definition) is 0. The van der Waals surface area contributed by atoms with Crippen molar-refractivity contribution in [2.75, 3.05) is 0 Å². The van der Waals surface area contributed by atoms with Gasteiger partial charge in [0.25, 0.3) is 0 Å². The van der Waals surface area contributed by atoms with Crippen molar-refractivity contribution in [3.05, 3.63) is 41.9 Å². The summed E-state index contributed by atoms with van der Waals surface area (Å²) >= 11 is 0. The van der Waals surface area contributed by atoms with E-state index in [-0.39, 0.29) is 0 Å². The van der Waals surface area contributed by atoms with Crippen LogP contribution >= 0.6 is 0 Å². The van der Waals surface area contributed by atoms with Crippen molar-refractivity contribution in [3.8, 4) is 11.5 Å². The van der Waals surface area contributed by atoms with Gasteiger partial charge in [0.1, 0.15) is 17.6 Å². The van der Waals surface area contributed by atoms with Crippen molar-refractivity contribution in [3.63, 3.8) is 0 Å². The summed E-state index contributed by atoms with van der Waals surface area (Å²) in [4.78, 5) is 15.1. The Labute approximate surface area is 103 Å². The summed E-state index contributed by atoms with van der Waals surface area (Å²) in [5, 5.41) is 3.93.